The van der Waals surface area contributed by atoms with E-state index in [1.165, 1.54) is 28.8 Å². The Morgan fingerprint density at radius 3 is 2.35 bits per heavy atom. The zero-order chi connectivity index (χ0) is 19.1. The maximum atomic E-state index is 12.9. The Morgan fingerprint density at radius 2 is 1.73 bits per heavy atom. The number of ether oxygens (including phenoxy) is 1. The number of hydrogen-bond donors (Lipinski definition) is 2. The highest BCUT2D eigenvalue weighted by Gasteiger charge is 2.58. The maximum Gasteiger partial charge on any atom is 0.456 e. The SMILES string of the molecule is O=c1c2cc[nH]c2[nH]c(=S)n1-c1ccc(OCC(F)(F)C(F)(F)F)cc1. The molecule has 0 saturated heterocycles. The van der Waals surface area contributed by atoms with Gasteiger partial charge in [0.2, 0.25) is 0 Å². The highest BCUT2D eigenvalue weighted by atomic mass is 32.1. The van der Waals surface area contributed by atoms with Gasteiger partial charge in [0.05, 0.1) is 11.1 Å². The summed E-state index contributed by atoms with van der Waals surface area (Å²) in [6, 6.07) is 6.54. The van der Waals surface area contributed by atoms with Crippen molar-refractivity contribution in [3.63, 3.8) is 0 Å². The predicted molar refractivity (Wildman–Crippen MR) is 85.6 cm³/mol. The Labute approximate surface area is 147 Å². The molecule has 0 spiro atoms. The third-order valence-electron chi connectivity index (χ3n) is 3.55. The minimum atomic E-state index is -5.70. The summed E-state index contributed by atoms with van der Waals surface area (Å²) in [7, 11) is 0. The molecule has 2 N–H and O–H groups in total. The highest BCUT2D eigenvalue weighted by Crippen LogP contribution is 2.35. The monoisotopic (exact) mass is 391 g/mol. The van der Waals surface area contributed by atoms with Crippen molar-refractivity contribution >= 4 is 23.3 Å². The van der Waals surface area contributed by atoms with Gasteiger partial charge in [-0.25, -0.2) is 0 Å². The van der Waals surface area contributed by atoms with Crippen LogP contribution in [0.4, 0.5) is 22.0 Å². The van der Waals surface area contributed by atoms with Crippen LogP contribution in [-0.2, 0) is 0 Å². The molecule has 0 unspecified atom stereocenters. The van der Waals surface area contributed by atoms with Crippen molar-refractivity contribution in [1.82, 2.24) is 14.5 Å². The number of rotatable bonds is 4. The molecular formula is C15H10F5N3O2S. The van der Waals surface area contributed by atoms with E-state index in [1.807, 2.05) is 0 Å². The number of aromatic nitrogens is 3. The fourth-order valence-corrected chi connectivity index (χ4v) is 2.50. The van der Waals surface area contributed by atoms with Crippen LogP contribution in [0.15, 0.2) is 41.3 Å². The molecule has 0 aliphatic heterocycles. The lowest BCUT2D eigenvalue weighted by Gasteiger charge is -2.19. The lowest BCUT2D eigenvalue weighted by Crippen LogP contribution is -2.41. The van der Waals surface area contributed by atoms with Crippen LogP contribution in [0.25, 0.3) is 16.7 Å². The third kappa shape index (κ3) is 3.21. The minimum Gasteiger partial charge on any atom is -0.487 e. The molecule has 0 amide bonds. The molecule has 11 heteroatoms. The summed E-state index contributed by atoms with van der Waals surface area (Å²) in [6.45, 7) is -1.84. The third-order valence-corrected chi connectivity index (χ3v) is 3.83. The lowest BCUT2D eigenvalue weighted by atomic mass is 10.3. The molecule has 0 fully saturated rings. The standard InChI is InChI=1S/C15H10F5N3O2S/c16-14(17,15(18,19)20)7-25-9-3-1-8(2-4-9)23-12(24)10-5-6-21-11(10)22-13(23)26/h1-6,21H,7H2,(H,22,26). The Morgan fingerprint density at radius 1 is 1.08 bits per heavy atom. The first kappa shape index (κ1) is 18.1. The molecule has 2 aromatic heterocycles. The van der Waals surface area contributed by atoms with Crippen LogP contribution in [0.2, 0.25) is 0 Å². The molecule has 3 aromatic rings. The van der Waals surface area contributed by atoms with Gasteiger partial charge in [-0.3, -0.25) is 9.36 Å². The number of aromatic amines is 2. The second-order valence-corrected chi connectivity index (χ2v) is 5.71. The van der Waals surface area contributed by atoms with E-state index in [0.29, 0.717) is 16.7 Å². The zero-order valence-electron chi connectivity index (χ0n) is 12.7. The van der Waals surface area contributed by atoms with Crippen molar-refractivity contribution in [3.05, 3.63) is 51.7 Å². The molecule has 0 aliphatic carbocycles. The second-order valence-electron chi connectivity index (χ2n) is 5.32. The summed E-state index contributed by atoms with van der Waals surface area (Å²) in [5, 5.41) is 0.351. The number of fused-ring (bicyclic) bond motifs is 1. The molecule has 0 radical (unpaired) electrons. The Bertz CT molecular complexity index is 1050. The van der Waals surface area contributed by atoms with Gasteiger partial charge in [-0.2, -0.15) is 22.0 Å². The van der Waals surface area contributed by atoms with E-state index in [-0.39, 0.29) is 10.5 Å². The molecule has 26 heavy (non-hydrogen) atoms. The minimum absolute atomic E-state index is 0.0854. The number of H-pyrrole nitrogens is 2. The van der Waals surface area contributed by atoms with Crippen LogP contribution in [0.3, 0.4) is 0 Å². The van der Waals surface area contributed by atoms with Crippen molar-refractivity contribution in [2.45, 2.75) is 12.1 Å². The lowest BCUT2D eigenvalue weighted by molar-refractivity contribution is -0.290. The van der Waals surface area contributed by atoms with Crippen LogP contribution < -0.4 is 10.3 Å². The topological polar surface area (TPSA) is 62.8 Å². The number of hydrogen-bond acceptors (Lipinski definition) is 3. The van der Waals surface area contributed by atoms with Crippen molar-refractivity contribution in [2.24, 2.45) is 0 Å². The van der Waals surface area contributed by atoms with E-state index in [9.17, 15) is 26.7 Å². The number of halogens is 5. The van der Waals surface area contributed by atoms with Crippen molar-refractivity contribution in [3.8, 4) is 11.4 Å². The van der Waals surface area contributed by atoms with Crippen molar-refractivity contribution in [1.29, 1.82) is 0 Å². The van der Waals surface area contributed by atoms with Gasteiger partial charge in [0.15, 0.2) is 11.4 Å². The Hall–Kier alpha value is -2.69. The number of benzene rings is 1. The van der Waals surface area contributed by atoms with Crippen LogP contribution in [-0.4, -0.2) is 33.2 Å². The molecule has 2 heterocycles. The molecule has 5 nitrogen and oxygen atoms in total. The first-order chi connectivity index (χ1) is 12.1. The average molecular weight is 391 g/mol. The Kier molecular flexibility index (Phi) is 4.34. The molecule has 3 rings (SSSR count). The van der Waals surface area contributed by atoms with E-state index < -0.39 is 24.3 Å². The van der Waals surface area contributed by atoms with Gasteiger partial charge in [0, 0.05) is 6.20 Å². The van der Waals surface area contributed by atoms with Gasteiger partial charge < -0.3 is 14.7 Å². The molecule has 0 aliphatic rings. The largest absolute Gasteiger partial charge is 0.487 e. The normalized spacial score (nSPS) is 12.5. The van der Waals surface area contributed by atoms with Gasteiger partial charge in [-0.15, -0.1) is 0 Å². The van der Waals surface area contributed by atoms with Gasteiger partial charge in [-0.05, 0) is 42.5 Å². The highest BCUT2D eigenvalue weighted by molar-refractivity contribution is 7.71. The molecule has 0 bridgehead atoms. The fraction of sp³-hybridized carbons (Fsp3) is 0.200. The average Bonchev–Trinajstić information content (AvgIpc) is 3.01. The number of alkyl halides is 5. The summed E-state index contributed by atoms with van der Waals surface area (Å²) in [5.41, 5.74) is 0.335. The van der Waals surface area contributed by atoms with Crippen LogP contribution in [0, 0.1) is 4.77 Å². The fourth-order valence-electron chi connectivity index (χ4n) is 2.21. The first-order valence-corrected chi connectivity index (χ1v) is 7.51. The quantitative estimate of drug-likeness (QED) is 0.523. The summed E-state index contributed by atoms with van der Waals surface area (Å²) in [6.07, 6.45) is -4.14. The second kappa shape index (κ2) is 6.24. The smallest absolute Gasteiger partial charge is 0.456 e. The van der Waals surface area contributed by atoms with Gasteiger partial charge >= 0.3 is 12.1 Å². The first-order valence-electron chi connectivity index (χ1n) is 7.10. The van der Waals surface area contributed by atoms with Crippen LogP contribution >= 0.6 is 12.2 Å². The van der Waals surface area contributed by atoms with Crippen LogP contribution in [0.1, 0.15) is 0 Å². The van der Waals surface area contributed by atoms with Crippen molar-refractivity contribution in [2.75, 3.05) is 6.61 Å². The predicted octanol–water partition coefficient (Wildman–Crippen LogP) is 3.95. The molecule has 138 valence electrons. The summed E-state index contributed by atoms with van der Waals surface area (Å²) in [5.74, 6) is -5.17. The molecular weight excluding hydrogens is 381 g/mol. The van der Waals surface area contributed by atoms with Gasteiger partial charge in [0.1, 0.15) is 11.4 Å². The Balaban J connectivity index is 1.87. The summed E-state index contributed by atoms with van der Waals surface area (Å²) in [4.78, 5) is 18.1. The molecule has 0 atom stereocenters. The number of nitrogens with zero attached hydrogens (tertiary/aromatic N) is 1. The van der Waals surface area contributed by atoms with E-state index in [4.69, 9.17) is 12.2 Å². The van der Waals surface area contributed by atoms with Crippen LogP contribution in [0.5, 0.6) is 5.75 Å². The van der Waals surface area contributed by atoms with Gasteiger partial charge in [-0.1, -0.05) is 0 Å². The van der Waals surface area contributed by atoms with E-state index >= 15 is 0 Å². The van der Waals surface area contributed by atoms with E-state index in [1.54, 1.807) is 12.3 Å². The summed E-state index contributed by atoms with van der Waals surface area (Å²) < 4.78 is 67.9. The van der Waals surface area contributed by atoms with Gasteiger partial charge in [0.25, 0.3) is 5.56 Å². The van der Waals surface area contributed by atoms with E-state index in [0.717, 1.165) is 0 Å². The van der Waals surface area contributed by atoms with E-state index in [2.05, 4.69) is 14.7 Å². The summed E-state index contributed by atoms with van der Waals surface area (Å²) >= 11 is 5.12. The maximum absolute atomic E-state index is 12.9. The number of nitrogens with one attached hydrogen (secondary N) is 2. The molecule has 0 saturated carbocycles. The zero-order valence-corrected chi connectivity index (χ0v) is 13.5. The van der Waals surface area contributed by atoms with Crippen molar-refractivity contribution < 1.29 is 26.7 Å². The molecule has 1 aromatic carbocycles.